The Labute approximate surface area is 198 Å². The minimum absolute atomic E-state index is 0.0793. The van der Waals surface area contributed by atoms with Crippen LogP contribution in [0.2, 0.25) is 0 Å². The Bertz CT molecular complexity index is 1090. The second kappa shape index (κ2) is 9.38. The van der Waals surface area contributed by atoms with Gasteiger partial charge in [0.15, 0.2) is 5.76 Å². The number of ether oxygens (including phenoxy) is 1. The number of fused-ring (bicyclic) bond motifs is 1. The zero-order valence-corrected chi connectivity index (χ0v) is 20.8. The Kier molecular flexibility index (Phi) is 6.75. The number of aryl methyl sites for hydroxylation is 1. The van der Waals surface area contributed by atoms with Crippen LogP contribution in [0.15, 0.2) is 51.4 Å². The molecule has 2 heterocycles. The second-order valence-corrected chi connectivity index (χ2v) is 10.4. The number of nitrogens with zero attached hydrogens (tertiary/aromatic N) is 1. The molecule has 5 nitrogen and oxygen atoms in total. The summed E-state index contributed by atoms with van der Waals surface area (Å²) in [6.45, 7) is 12.2. The fraction of sp³-hybridized carbons (Fsp3) is 0.423. The molecule has 1 fully saturated rings. The molecule has 1 unspecified atom stereocenters. The molecule has 1 aliphatic rings. The molecule has 2 aromatic carbocycles. The molecule has 1 aliphatic heterocycles. The third kappa shape index (κ3) is 4.92. The molecule has 0 aliphatic carbocycles. The molecule has 3 aromatic rings. The minimum Gasteiger partial charge on any atom is -0.451 e. The number of morpholine rings is 1. The number of hydrogen-bond acceptors (Lipinski definition) is 4. The van der Waals surface area contributed by atoms with Gasteiger partial charge in [-0.15, -0.1) is 0 Å². The van der Waals surface area contributed by atoms with Gasteiger partial charge in [-0.25, -0.2) is 0 Å². The lowest BCUT2D eigenvalue weighted by Crippen LogP contribution is -2.43. The van der Waals surface area contributed by atoms with Crippen LogP contribution in [0.25, 0.3) is 11.0 Å². The highest BCUT2D eigenvalue weighted by Gasteiger charge is 2.25. The van der Waals surface area contributed by atoms with Crippen LogP contribution < -0.4 is 5.32 Å². The molecular formula is C26H31BrN2O3. The summed E-state index contributed by atoms with van der Waals surface area (Å²) in [5, 5.41) is 4.09. The molecule has 6 heteroatoms. The molecule has 32 heavy (non-hydrogen) atoms. The van der Waals surface area contributed by atoms with E-state index in [4.69, 9.17) is 9.15 Å². The van der Waals surface area contributed by atoms with Crippen molar-refractivity contribution in [3.63, 3.8) is 0 Å². The van der Waals surface area contributed by atoms with Gasteiger partial charge >= 0.3 is 0 Å². The van der Waals surface area contributed by atoms with Gasteiger partial charge in [-0.1, -0.05) is 61.0 Å². The van der Waals surface area contributed by atoms with E-state index < -0.39 is 0 Å². The van der Waals surface area contributed by atoms with E-state index in [2.05, 4.69) is 71.2 Å². The van der Waals surface area contributed by atoms with Gasteiger partial charge in [0.05, 0.1) is 19.3 Å². The van der Waals surface area contributed by atoms with Gasteiger partial charge in [-0.3, -0.25) is 9.69 Å². The van der Waals surface area contributed by atoms with E-state index in [0.717, 1.165) is 28.5 Å². The number of hydrogen-bond donors (Lipinski definition) is 1. The standard InChI is InChI=1S/C26H31BrN2O3/c1-17-21-10-9-20(27)15-23(21)32-24(17)25(30)28-16-22(29-11-13-31-14-12-29)18-5-7-19(8-6-18)26(2,3)4/h5-10,15,22H,11-14,16H2,1-4H3,(H,28,30). The predicted octanol–water partition coefficient (Wildman–Crippen LogP) is 5.60. The SMILES string of the molecule is Cc1c(C(=O)NCC(c2ccc(C(C)(C)C)cc2)N2CCOCC2)oc2cc(Br)ccc12. The number of benzene rings is 2. The minimum atomic E-state index is -0.181. The highest BCUT2D eigenvalue weighted by Crippen LogP contribution is 2.29. The maximum absolute atomic E-state index is 13.1. The summed E-state index contributed by atoms with van der Waals surface area (Å²) in [4.78, 5) is 15.5. The van der Waals surface area contributed by atoms with E-state index >= 15 is 0 Å². The van der Waals surface area contributed by atoms with Crippen molar-refractivity contribution in [1.82, 2.24) is 10.2 Å². The Morgan fingerprint density at radius 2 is 1.81 bits per heavy atom. The Morgan fingerprint density at radius 3 is 2.47 bits per heavy atom. The quantitative estimate of drug-likeness (QED) is 0.496. The van der Waals surface area contributed by atoms with Crippen LogP contribution in [-0.2, 0) is 10.2 Å². The summed E-state index contributed by atoms with van der Waals surface area (Å²) in [6, 6.07) is 14.7. The van der Waals surface area contributed by atoms with Crippen molar-refractivity contribution in [1.29, 1.82) is 0 Å². The molecule has 0 spiro atoms. The van der Waals surface area contributed by atoms with E-state index in [1.165, 1.54) is 11.1 Å². The second-order valence-electron chi connectivity index (χ2n) is 9.44. The van der Waals surface area contributed by atoms with Crippen LogP contribution in [-0.4, -0.2) is 43.7 Å². The first-order valence-corrected chi connectivity index (χ1v) is 11.9. The van der Waals surface area contributed by atoms with Gasteiger partial charge in [-0.2, -0.15) is 0 Å². The Hall–Kier alpha value is -2.15. The summed E-state index contributed by atoms with van der Waals surface area (Å²) < 4.78 is 12.4. The number of rotatable bonds is 5. The van der Waals surface area contributed by atoms with E-state index in [1.807, 2.05) is 25.1 Å². The summed E-state index contributed by atoms with van der Waals surface area (Å²) >= 11 is 3.46. The number of carbonyl (C=O) groups excluding carboxylic acids is 1. The molecular weight excluding hydrogens is 468 g/mol. The van der Waals surface area contributed by atoms with E-state index in [-0.39, 0.29) is 17.4 Å². The Balaban J connectivity index is 1.55. The van der Waals surface area contributed by atoms with Gasteiger partial charge in [0, 0.05) is 35.1 Å². The summed E-state index contributed by atoms with van der Waals surface area (Å²) in [7, 11) is 0. The average Bonchev–Trinajstić information content (AvgIpc) is 3.10. The van der Waals surface area contributed by atoms with Crippen molar-refractivity contribution in [3.8, 4) is 0 Å². The van der Waals surface area contributed by atoms with Crippen molar-refractivity contribution in [2.24, 2.45) is 0 Å². The molecule has 1 amide bonds. The van der Waals surface area contributed by atoms with Crippen molar-refractivity contribution in [3.05, 3.63) is 69.4 Å². The molecule has 1 saturated heterocycles. The number of furan rings is 1. The molecule has 0 radical (unpaired) electrons. The fourth-order valence-electron chi connectivity index (χ4n) is 4.24. The van der Waals surface area contributed by atoms with Gasteiger partial charge in [0.2, 0.25) is 0 Å². The zero-order chi connectivity index (χ0) is 22.9. The van der Waals surface area contributed by atoms with Gasteiger partial charge in [0.25, 0.3) is 5.91 Å². The van der Waals surface area contributed by atoms with Crippen molar-refractivity contribution < 1.29 is 13.9 Å². The molecule has 4 rings (SSSR count). The normalized spacial score (nSPS) is 16.3. The highest BCUT2D eigenvalue weighted by atomic mass is 79.9. The molecule has 1 aromatic heterocycles. The number of halogens is 1. The maximum Gasteiger partial charge on any atom is 0.287 e. The van der Waals surface area contributed by atoms with Crippen LogP contribution in [0.1, 0.15) is 54.1 Å². The van der Waals surface area contributed by atoms with E-state index in [1.54, 1.807) is 0 Å². The van der Waals surface area contributed by atoms with Gasteiger partial charge in [0.1, 0.15) is 5.58 Å². The summed E-state index contributed by atoms with van der Waals surface area (Å²) in [5.41, 5.74) is 4.18. The largest absolute Gasteiger partial charge is 0.451 e. The summed E-state index contributed by atoms with van der Waals surface area (Å²) in [5.74, 6) is 0.196. The van der Waals surface area contributed by atoms with Crippen molar-refractivity contribution in [2.75, 3.05) is 32.8 Å². The molecule has 1 atom stereocenters. The molecule has 1 N–H and O–H groups in total. The van der Waals surface area contributed by atoms with Gasteiger partial charge < -0.3 is 14.5 Å². The third-order valence-corrected chi connectivity index (χ3v) is 6.70. The third-order valence-electron chi connectivity index (χ3n) is 6.21. The van der Waals surface area contributed by atoms with Crippen molar-refractivity contribution in [2.45, 2.75) is 39.2 Å². The van der Waals surface area contributed by atoms with Crippen LogP contribution >= 0.6 is 15.9 Å². The number of nitrogens with one attached hydrogen (secondary N) is 1. The molecule has 0 bridgehead atoms. The van der Waals surface area contributed by atoms with Gasteiger partial charge in [-0.05, 0) is 41.7 Å². The monoisotopic (exact) mass is 498 g/mol. The lowest BCUT2D eigenvalue weighted by Gasteiger charge is -2.35. The first kappa shape index (κ1) is 23.0. The smallest absolute Gasteiger partial charge is 0.287 e. The predicted molar refractivity (Wildman–Crippen MR) is 131 cm³/mol. The lowest BCUT2D eigenvalue weighted by atomic mass is 9.86. The first-order valence-electron chi connectivity index (χ1n) is 11.1. The fourth-order valence-corrected chi connectivity index (χ4v) is 4.58. The maximum atomic E-state index is 13.1. The van der Waals surface area contributed by atoms with Crippen molar-refractivity contribution >= 4 is 32.8 Å². The highest BCUT2D eigenvalue weighted by molar-refractivity contribution is 9.10. The number of carbonyl (C=O) groups is 1. The van der Waals surface area contributed by atoms with Crippen LogP contribution in [0.4, 0.5) is 0 Å². The molecule has 170 valence electrons. The first-order chi connectivity index (χ1) is 15.2. The van der Waals surface area contributed by atoms with Crippen LogP contribution in [0, 0.1) is 6.92 Å². The topological polar surface area (TPSA) is 54.7 Å². The molecule has 0 saturated carbocycles. The Morgan fingerprint density at radius 1 is 1.12 bits per heavy atom. The van der Waals surface area contributed by atoms with Crippen LogP contribution in [0.5, 0.6) is 0 Å². The average molecular weight is 499 g/mol. The van der Waals surface area contributed by atoms with Crippen LogP contribution in [0.3, 0.4) is 0 Å². The zero-order valence-electron chi connectivity index (χ0n) is 19.2. The van der Waals surface area contributed by atoms with E-state index in [9.17, 15) is 4.79 Å². The summed E-state index contributed by atoms with van der Waals surface area (Å²) in [6.07, 6.45) is 0. The van der Waals surface area contributed by atoms with E-state index in [0.29, 0.717) is 31.1 Å². The number of amides is 1. The lowest BCUT2D eigenvalue weighted by molar-refractivity contribution is 0.0161.